The van der Waals surface area contributed by atoms with E-state index in [1.807, 2.05) is 0 Å². The molecule has 0 aliphatic carbocycles. The molecular formula is C13H27N3O. The summed E-state index contributed by atoms with van der Waals surface area (Å²) in [6.45, 7) is 8.05. The highest BCUT2D eigenvalue weighted by molar-refractivity contribution is 5.77. The third-order valence-corrected chi connectivity index (χ3v) is 3.81. The lowest BCUT2D eigenvalue weighted by atomic mass is 9.74. The molecule has 0 spiro atoms. The molecule has 0 aromatic heterocycles. The van der Waals surface area contributed by atoms with Gasteiger partial charge in [0.25, 0.3) is 0 Å². The minimum absolute atomic E-state index is 0.0877. The van der Waals surface area contributed by atoms with Crippen LogP contribution in [-0.2, 0) is 4.79 Å². The molecule has 1 saturated heterocycles. The van der Waals surface area contributed by atoms with Gasteiger partial charge in [0.15, 0.2) is 0 Å². The van der Waals surface area contributed by atoms with Crippen molar-refractivity contribution in [3.8, 4) is 0 Å². The van der Waals surface area contributed by atoms with Crippen LogP contribution in [0.5, 0.6) is 0 Å². The molecule has 0 bridgehead atoms. The quantitative estimate of drug-likeness (QED) is 0.744. The van der Waals surface area contributed by atoms with Gasteiger partial charge in [0.05, 0.1) is 6.54 Å². The van der Waals surface area contributed by atoms with E-state index in [1.54, 1.807) is 7.05 Å². The van der Waals surface area contributed by atoms with Gasteiger partial charge >= 0.3 is 0 Å². The molecule has 100 valence electrons. The van der Waals surface area contributed by atoms with Gasteiger partial charge < -0.3 is 15.5 Å². The summed E-state index contributed by atoms with van der Waals surface area (Å²) in [5.41, 5.74) is 0.179. The Bertz CT molecular complexity index is 253. The van der Waals surface area contributed by atoms with Gasteiger partial charge in [-0.05, 0) is 44.8 Å². The maximum absolute atomic E-state index is 11.5. The molecule has 1 rings (SSSR count). The monoisotopic (exact) mass is 241 g/mol. The molecule has 0 aromatic carbocycles. The number of piperidine rings is 1. The lowest BCUT2D eigenvalue weighted by Crippen LogP contribution is -2.46. The Kier molecular flexibility index (Phi) is 5.40. The first-order chi connectivity index (χ1) is 7.95. The molecule has 1 fully saturated rings. The topological polar surface area (TPSA) is 44.4 Å². The number of amides is 1. The van der Waals surface area contributed by atoms with Gasteiger partial charge in [0, 0.05) is 13.1 Å². The Morgan fingerprint density at radius 2 is 2.18 bits per heavy atom. The van der Waals surface area contributed by atoms with E-state index in [0.717, 1.165) is 13.1 Å². The van der Waals surface area contributed by atoms with E-state index in [0.29, 0.717) is 12.5 Å². The van der Waals surface area contributed by atoms with Gasteiger partial charge in [0.1, 0.15) is 0 Å². The first-order valence-electron chi connectivity index (χ1n) is 6.55. The summed E-state index contributed by atoms with van der Waals surface area (Å²) in [5.74, 6) is 0.765. The van der Waals surface area contributed by atoms with Crippen molar-refractivity contribution in [2.75, 3.05) is 40.3 Å². The van der Waals surface area contributed by atoms with Gasteiger partial charge in [-0.15, -0.1) is 0 Å². The van der Waals surface area contributed by atoms with Crippen LogP contribution in [-0.4, -0.2) is 51.1 Å². The van der Waals surface area contributed by atoms with Crippen LogP contribution >= 0.6 is 0 Å². The van der Waals surface area contributed by atoms with E-state index in [2.05, 4.69) is 36.4 Å². The van der Waals surface area contributed by atoms with Gasteiger partial charge in [-0.1, -0.05) is 13.8 Å². The summed E-state index contributed by atoms with van der Waals surface area (Å²) in [7, 11) is 3.97. The highest BCUT2D eigenvalue weighted by Crippen LogP contribution is 2.32. The first kappa shape index (κ1) is 14.5. The summed E-state index contributed by atoms with van der Waals surface area (Å²) in [6.07, 6.45) is 2.55. The minimum Gasteiger partial charge on any atom is -0.354 e. The smallest absolute Gasteiger partial charge is 0.233 e. The van der Waals surface area contributed by atoms with Crippen molar-refractivity contribution >= 4 is 5.91 Å². The fraction of sp³-hybridized carbons (Fsp3) is 0.923. The molecule has 1 heterocycles. The van der Waals surface area contributed by atoms with E-state index in [-0.39, 0.29) is 11.3 Å². The molecule has 2 N–H and O–H groups in total. The Balaban J connectivity index is 2.41. The zero-order chi connectivity index (χ0) is 12.9. The number of hydrogen-bond acceptors (Lipinski definition) is 3. The number of nitrogens with one attached hydrogen (secondary N) is 2. The Labute approximate surface area is 105 Å². The van der Waals surface area contributed by atoms with E-state index in [9.17, 15) is 4.79 Å². The van der Waals surface area contributed by atoms with Crippen molar-refractivity contribution in [2.24, 2.45) is 11.3 Å². The number of carbonyl (C=O) groups excluding carboxylic acids is 1. The predicted octanol–water partition coefficient (Wildman–Crippen LogP) is 0.690. The van der Waals surface area contributed by atoms with Crippen molar-refractivity contribution in [1.82, 2.24) is 15.5 Å². The number of likely N-dealkylation sites (tertiary alicyclic amines) is 1. The first-order valence-corrected chi connectivity index (χ1v) is 6.55. The Morgan fingerprint density at radius 1 is 1.47 bits per heavy atom. The average Bonchev–Trinajstić information content (AvgIpc) is 2.27. The molecule has 1 atom stereocenters. The number of hydrogen-bond donors (Lipinski definition) is 2. The van der Waals surface area contributed by atoms with E-state index >= 15 is 0 Å². The van der Waals surface area contributed by atoms with E-state index in [1.165, 1.54) is 19.4 Å². The van der Waals surface area contributed by atoms with Gasteiger partial charge in [-0.2, -0.15) is 0 Å². The molecular weight excluding hydrogens is 214 g/mol. The van der Waals surface area contributed by atoms with Gasteiger partial charge in [-0.3, -0.25) is 4.79 Å². The van der Waals surface area contributed by atoms with Crippen LogP contribution in [0.2, 0.25) is 0 Å². The molecule has 1 aliphatic rings. The maximum Gasteiger partial charge on any atom is 0.233 e. The SMILES string of the molecule is CNCC(=O)NCC(C)(C)C1CCCN(C)C1. The van der Waals surface area contributed by atoms with Gasteiger partial charge in [0.2, 0.25) is 5.91 Å². The molecule has 0 saturated carbocycles. The third-order valence-electron chi connectivity index (χ3n) is 3.81. The fourth-order valence-corrected chi connectivity index (χ4v) is 2.50. The average molecular weight is 241 g/mol. The molecule has 0 radical (unpaired) electrons. The molecule has 1 unspecified atom stereocenters. The summed E-state index contributed by atoms with van der Waals surface area (Å²) in [6, 6.07) is 0. The molecule has 1 amide bonds. The number of rotatable bonds is 5. The minimum atomic E-state index is 0.0877. The number of nitrogens with zero attached hydrogens (tertiary/aromatic N) is 1. The molecule has 4 nitrogen and oxygen atoms in total. The molecule has 1 aliphatic heterocycles. The van der Waals surface area contributed by atoms with Crippen LogP contribution in [0.15, 0.2) is 0 Å². The van der Waals surface area contributed by atoms with Crippen molar-refractivity contribution in [2.45, 2.75) is 26.7 Å². The largest absolute Gasteiger partial charge is 0.354 e. The lowest BCUT2D eigenvalue weighted by Gasteiger charge is -2.40. The molecule has 4 heteroatoms. The van der Waals surface area contributed by atoms with Crippen LogP contribution in [0, 0.1) is 11.3 Å². The number of likely N-dealkylation sites (N-methyl/N-ethyl adjacent to an activating group) is 1. The van der Waals surface area contributed by atoms with Crippen LogP contribution in [0.3, 0.4) is 0 Å². The number of carbonyl (C=O) groups is 1. The molecule has 17 heavy (non-hydrogen) atoms. The van der Waals surface area contributed by atoms with Crippen LogP contribution in [0.4, 0.5) is 0 Å². The highest BCUT2D eigenvalue weighted by Gasteiger charge is 2.32. The zero-order valence-corrected chi connectivity index (χ0v) is 11.7. The lowest BCUT2D eigenvalue weighted by molar-refractivity contribution is -0.120. The Morgan fingerprint density at radius 3 is 2.76 bits per heavy atom. The predicted molar refractivity (Wildman–Crippen MR) is 70.9 cm³/mol. The normalized spacial score (nSPS) is 22.5. The van der Waals surface area contributed by atoms with Crippen LogP contribution in [0.1, 0.15) is 26.7 Å². The van der Waals surface area contributed by atoms with Crippen molar-refractivity contribution in [3.05, 3.63) is 0 Å². The summed E-state index contributed by atoms with van der Waals surface area (Å²) in [5, 5.41) is 5.89. The summed E-state index contributed by atoms with van der Waals surface area (Å²) >= 11 is 0. The Hall–Kier alpha value is -0.610. The zero-order valence-electron chi connectivity index (χ0n) is 11.7. The van der Waals surface area contributed by atoms with Crippen LogP contribution < -0.4 is 10.6 Å². The third kappa shape index (κ3) is 4.64. The second kappa shape index (κ2) is 6.36. The van der Waals surface area contributed by atoms with E-state index in [4.69, 9.17) is 0 Å². The fourth-order valence-electron chi connectivity index (χ4n) is 2.50. The van der Waals surface area contributed by atoms with Crippen molar-refractivity contribution in [1.29, 1.82) is 0 Å². The standard InChI is InChI=1S/C13H27N3O/c1-13(2,10-15-12(17)8-14-3)11-6-5-7-16(4)9-11/h11,14H,5-10H2,1-4H3,(H,15,17). The highest BCUT2D eigenvalue weighted by atomic mass is 16.1. The summed E-state index contributed by atoms with van der Waals surface area (Å²) < 4.78 is 0. The van der Waals surface area contributed by atoms with Crippen LogP contribution in [0.25, 0.3) is 0 Å². The van der Waals surface area contributed by atoms with Gasteiger partial charge in [-0.25, -0.2) is 0 Å². The molecule has 0 aromatic rings. The van der Waals surface area contributed by atoms with Crippen molar-refractivity contribution < 1.29 is 4.79 Å². The van der Waals surface area contributed by atoms with E-state index < -0.39 is 0 Å². The second-order valence-corrected chi connectivity index (χ2v) is 5.90. The summed E-state index contributed by atoms with van der Waals surface area (Å²) in [4.78, 5) is 13.8. The van der Waals surface area contributed by atoms with Crippen molar-refractivity contribution in [3.63, 3.8) is 0 Å². The maximum atomic E-state index is 11.5. The second-order valence-electron chi connectivity index (χ2n) is 5.90.